The number of rotatable bonds is 6. The Kier molecular flexibility index (Phi) is 5.33. The Morgan fingerprint density at radius 3 is 2.67 bits per heavy atom. The Labute approximate surface area is 108 Å². The Balaban J connectivity index is 3.09. The zero-order valence-electron chi connectivity index (χ0n) is 10.1. The molecule has 0 heterocycles. The van der Waals surface area contributed by atoms with E-state index in [1.807, 2.05) is 13.2 Å². The van der Waals surface area contributed by atoms with Gasteiger partial charge in [0.05, 0.1) is 4.92 Å². The number of hydrogen-bond acceptors (Lipinski definition) is 4. The van der Waals surface area contributed by atoms with Crippen LogP contribution < -0.4 is 5.32 Å². The second-order valence-corrected chi connectivity index (χ2v) is 4.66. The molecule has 0 spiro atoms. The summed E-state index contributed by atoms with van der Waals surface area (Å²) >= 11 is 1.56. The van der Waals surface area contributed by atoms with E-state index in [-0.39, 0.29) is 11.7 Å². The van der Waals surface area contributed by atoms with Crippen molar-refractivity contribution in [3.05, 3.63) is 33.9 Å². The van der Waals surface area contributed by atoms with Gasteiger partial charge < -0.3 is 5.32 Å². The van der Waals surface area contributed by atoms with Crippen molar-refractivity contribution in [2.24, 2.45) is 0 Å². The van der Waals surface area contributed by atoms with Gasteiger partial charge in [-0.15, -0.1) is 0 Å². The molecule has 0 aliphatic carbocycles. The molecule has 4 nitrogen and oxygen atoms in total. The first-order valence-corrected chi connectivity index (χ1v) is 6.77. The van der Waals surface area contributed by atoms with Gasteiger partial charge in [-0.05, 0) is 12.7 Å². The fourth-order valence-electron chi connectivity index (χ4n) is 1.54. The second kappa shape index (κ2) is 6.53. The maximum absolute atomic E-state index is 13.4. The van der Waals surface area contributed by atoms with Crippen molar-refractivity contribution in [1.29, 1.82) is 0 Å². The summed E-state index contributed by atoms with van der Waals surface area (Å²) in [5, 5.41) is 13.6. The van der Waals surface area contributed by atoms with Crippen molar-refractivity contribution in [2.45, 2.75) is 19.4 Å². The predicted octanol–water partition coefficient (Wildman–Crippen LogP) is 3.43. The van der Waals surface area contributed by atoms with Crippen molar-refractivity contribution in [1.82, 2.24) is 0 Å². The van der Waals surface area contributed by atoms with Gasteiger partial charge >= 0.3 is 5.69 Å². The van der Waals surface area contributed by atoms with E-state index >= 15 is 0 Å². The summed E-state index contributed by atoms with van der Waals surface area (Å²) < 4.78 is 26.5. The molecule has 1 rings (SSSR count). The highest BCUT2D eigenvalue weighted by Gasteiger charge is 2.23. The highest BCUT2D eigenvalue weighted by molar-refractivity contribution is 7.98. The van der Waals surface area contributed by atoms with E-state index in [1.54, 1.807) is 11.8 Å². The largest absolute Gasteiger partial charge is 0.376 e. The van der Waals surface area contributed by atoms with Gasteiger partial charge in [-0.1, -0.05) is 6.92 Å². The molecule has 1 N–H and O–H groups in total. The lowest BCUT2D eigenvalue weighted by Gasteiger charge is -2.17. The van der Waals surface area contributed by atoms with Crippen LogP contribution in [0.3, 0.4) is 0 Å². The number of benzene rings is 1. The molecule has 0 radical (unpaired) electrons. The molecule has 0 amide bonds. The van der Waals surface area contributed by atoms with Crippen LogP contribution in [0, 0.1) is 21.7 Å². The molecule has 0 aliphatic rings. The van der Waals surface area contributed by atoms with Gasteiger partial charge in [0.25, 0.3) is 0 Å². The summed E-state index contributed by atoms with van der Waals surface area (Å²) in [4.78, 5) is 9.94. The van der Waals surface area contributed by atoms with E-state index in [9.17, 15) is 18.9 Å². The third kappa shape index (κ3) is 3.56. The van der Waals surface area contributed by atoms with Gasteiger partial charge in [0.15, 0.2) is 0 Å². The van der Waals surface area contributed by atoms with Crippen molar-refractivity contribution < 1.29 is 13.7 Å². The molecule has 0 fully saturated rings. The fourth-order valence-corrected chi connectivity index (χ4v) is 2.27. The van der Waals surface area contributed by atoms with E-state index in [0.29, 0.717) is 18.2 Å². The first-order valence-electron chi connectivity index (χ1n) is 5.38. The first kappa shape index (κ1) is 14.7. The Hall–Kier alpha value is -1.37. The quantitative estimate of drug-likeness (QED) is 0.639. The Morgan fingerprint density at radius 1 is 1.50 bits per heavy atom. The Morgan fingerprint density at radius 2 is 2.17 bits per heavy atom. The average Bonchev–Trinajstić information content (AvgIpc) is 2.26. The van der Waals surface area contributed by atoms with Crippen molar-refractivity contribution in [3.63, 3.8) is 0 Å². The average molecular weight is 276 g/mol. The van der Waals surface area contributed by atoms with Crippen LogP contribution in [0.1, 0.15) is 13.3 Å². The molecule has 1 aromatic carbocycles. The van der Waals surface area contributed by atoms with E-state index in [1.165, 1.54) is 0 Å². The molecule has 18 heavy (non-hydrogen) atoms. The fraction of sp³-hybridized carbons (Fsp3) is 0.455. The maximum Gasteiger partial charge on any atom is 0.327 e. The van der Waals surface area contributed by atoms with Crippen LogP contribution in [0.5, 0.6) is 0 Å². The van der Waals surface area contributed by atoms with E-state index < -0.39 is 22.2 Å². The van der Waals surface area contributed by atoms with Crippen LogP contribution in [-0.4, -0.2) is 23.0 Å². The molecule has 0 aliphatic heterocycles. The van der Waals surface area contributed by atoms with E-state index in [4.69, 9.17) is 0 Å². The number of anilines is 1. The summed E-state index contributed by atoms with van der Waals surface area (Å²) in [6.45, 7) is 1.90. The van der Waals surface area contributed by atoms with Crippen LogP contribution in [-0.2, 0) is 0 Å². The number of hydrogen-bond donors (Lipinski definition) is 1. The standard InChI is InChI=1S/C11H14F2N2O2S/c1-3-8(6-18-2)14-10-5-7(12)4-9(13)11(10)15(16)17/h4-5,8,14H,3,6H2,1-2H3. The third-order valence-corrected chi connectivity index (χ3v) is 3.17. The van der Waals surface area contributed by atoms with Crippen LogP contribution in [0.2, 0.25) is 0 Å². The number of nitrogens with one attached hydrogen (secondary N) is 1. The van der Waals surface area contributed by atoms with E-state index in [2.05, 4.69) is 5.32 Å². The number of halogens is 2. The molecule has 0 saturated heterocycles. The molecule has 1 atom stereocenters. The Bertz CT molecular complexity index is 443. The summed E-state index contributed by atoms with van der Waals surface area (Å²) in [7, 11) is 0. The third-order valence-electron chi connectivity index (χ3n) is 2.43. The summed E-state index contributed by atoms with van der Waals surface area (Å²) in [6, 6.07) is 1.39. The molecule has 100 valence electrons. The van der Waals surface area contributed by atoms with E-state index in [0.717, 1.165) is 6.07 Å². The van der Waals surface area contributed by atoms with Gasteiger partial charge in [0, 0.05) is 23.9 Å². The topological polar surface area (TPSA) is 55.2 Å². The number of nitro groups is 1. The lowest BCUT2D eigenvalue weighted by molar-refractivity contribution is -0.386. The predicted molar refractivity (Wildman–Crippen MR) is 69.1 cm³/mol. The van der Waals surface area contributed by atoms with Crippen LogP contribution in [0.15, 0.2) is 12.1 Å². The normalized spacial score (nSPS) is 12.2. The van der Waals surface area contributed by atoms with Crippen LogP contribution in [0.4, 0.5) is 20.2 Å². The zero-order valence-corrected chi connectivity index (χ0v) is 10.9. The second-order valence-electron chi connectivity index (χ2n) is 3.75. The smallest absolute Gasteiger partial charge is 0.327 e. The minimum absolute atomic E-state index is 0.0695. The summed E-state index contributed by atoms with van der Waals surface area (Å²) in [5.74, 6) is -1.30. The minimum atomic E-state index is -1.17. The lowest BCUT2D eigenvalue weighted by Crippen LogP contribution is -2.22. The number of nitro benzene ring substituents is 1. The first-order chi connectivity index (χ1) is 8.49. The van der Waals surface area contributed by atoms with Gasteiger partial charge in [-0.2, -0.15) is 16.2 Å². The molecule has 1 unspecified atom stereocenters. The molecule has 7 heteroatoms. The SMILES string of the molecule is CCC(CSC)Nc1cc(F)cc(F)c1[N+](=O)[O-]. The monoisotopic (exact) mass is 276 g/mol. The molecular weight excluding hydrogens is 262 g/mol. The van der Waals surface area contributed by atoms with Crippen molar-refractivity contribution in [2.75, 3.05) is 17.3 Å². The molecule has 0 bridgehead atoms. The number of nitrogens with zero attached hydrogens (tertiary/aromatic N) is 1. The zero-order chi connectivity index (χ0) is 13.7. The molecular formula is C11H14F2N2O2S. The van der Waals surface area contributed by atoms with Gasteiger partial charge in [-0.3, -0.25) is 10.1 Å². The molecule has 0 aromatic heterocycles. The minimum Gasteiger partial charge on any atom is -0.376 e. The highest BCUT2D eigenvalue weighted by Crippen LogP contribution is 2.29. The maximum atomic E-state index is 13.4. The molecule has 1 aromatic rings. The number of thioether (sulfide) groups is 1. The highest BCUT2D eigenvalue weighted by atomic mass is 32.2. The molecule has 0 saturated carbocycles. The lowest BCUT2D eigenvalue weighted by atomic mass is 10.2. The van der Waals surface area contributed by atoms with Crippen LogP contribution >= 0.6 is 11.8 Å². The van der Waals surface area contributed by atoms with Crippen LogP contribution in [0.25, 0.3) is 0 Å². The van der Waals surface area contributed by atoms with Gasteiger partial charge in [-0.25, -0.2) is 4.39 Å². The summed E-state index contributed by atoms with van der Waals surface area (Å²) in [5.41, 5.74) is -0.825. The van der Waals surface area contributed by atoms with Gasteiger partial charge in [0.2, 0.25) is 5.82 Å². The van der Waals surface area contributed by atoms with Crippen molar-refractivity contribution in [3.8, 4) is 0 Å². The summed E-state index contributed by atoms with van der Waals surface area (Å²) in [6.07, 6.45) is 2.60. The van der Waals surface area contributed by atoms with Gasteiger partial charge in [0.1, 0.15) is 11.5 Å². The van der Waals surface area contributed by atoms with Crippen molar-refractivity contribution >= 4 is 23.1 Å².